The number of carbonyl (C=O) groups is 2. The summed E-state index contributed by atoms with van der Waals surface area (Å²) in [4.78, 5) is 28.7. The zero-order chi connectivity index (χ0) is 15.2. The van der Waals surface area contributed by atoms with E-state index >= 15 is 0 Å². The monoisotopic (exact) mass is 286 g/mol. The van der Waals surface area contributed by atoms with Gasteiger partial charge in [0.1, 0.15) is 0 Å². The van der Waals surface area contributed by atoms with Crippen LogP contribution in [-0.4, -0.2) is 36.9 Å². The summed E-state index contributed by atoms with van der Waals surface area (Å²) in [6, 6.07) is 7.96. The predicted molar refractivity (Wildman–Crippen MR) is 82.2 cm³/mol. The molecule has 112 valence electrons. The van der Waals surface area contributed by atoms with Crippen molar-refractivity contribution in [3.05, 3.63) is 29.8 Å². The largest absolute Gasteiger partial charge is 0.341 e. The van der Waals surface area contributed by atoms with Crippen LogP contribution >= 0.6 is 0 Å². The van der Waals surface area contributed by atoms with E-state index in [1.807, 2.05) is 50.1 Å². The standard InChI is InChI=1S/C17H22N2O2/c1-12(2)10-15(20)19-9-8-17(11-19)13-6-4-5-7-14(13)18(3)16(17)21/h4-7,12H,8-11H2,1-3H3. The zero-order valence-corrected chi connectivity index (χ0v) is 12.9. The van der Waals surface area contributed by atoms with Gasteiger partial charge in [0.25, 0.3) is 0 Å². The van der Waals surface area contributed by atoms with Crippen LogP contribution in [0.1, 0.15) is 32.3 Å². The van der Waals surface area contributed by atoms with Crippen LogP contribution in [0, 0.1) is 5.92 Å². The molecule has 3 rings (SSSR count). The van der Waals surface area contributed by atoms with Crippen molar-refractivity contribution in [3.8, 4) is 0 Å². The first-order chi connectivity index (χ1) is 9.95. The molecule has 0 bridgehead atoms. The first-order valence-electron chi connectivity index (χ1n) is 7.61. The van der Waals surface area contributed by atoms with Gasteiger partial charge in [0.2, 0.25) is 11.8 Å². The minimum absolute atomic E-state index is 0.128. The number of carbonyl (C=O) groups excluding carboxylic acids is 2. The summed E-state index contributed by atoms with van der Waals surface area (Å²) in [5.74, 6) is 0.647. The summed E-state index contributed by atoms with van der Waals surface area (Å²) < 4.78 is 0. The quantitative estimate of drug-likeness (QED) is 0.836. The molecular formula is C17H22N2O2. The highest BCUT2D eigenvalue weighted by molar-refractivity contribution is 6.08. The van der Waals surface area contributed by atoms with Gasteiger partial charge in [-0.05, 0) is 24.0 Å². The van der Waals surface area contributed by atoms with Crippen molar-refractivity contribution < 1.29 is 9.59 Å². The number of likely N-dealkylation sites (N-methyl/N-ethyl adjacent to an activating group) is 1. The van der Waals surface area contributed by atoms with Gasteiger partial charge in [-0.1, -0.05) is 32.0 Å². The second-order valence-corrected chi connectivity index (χ2v) is 6.63. The van der Waals surface area contributed by atoms with Crippen LogP contribution < -0.4 is 4.90 Å². The number of hydrogen-bond donors (Lipinski definition) is 0. The average Bonchev–Trinajstić information content (AvgIpc) is 2.98. The molecule has 0 saturated carbocycles. The number of fused-ring (bicyclic) bond motifs is 2. The predicted octanol–water partition coefficient (Wildman–Crippen LogP) is 2.18. The highest BCUT2D eigenvalue weighted by Crippen LogP contribution is 2.46. The van der Waals surface area contributed by atoms with E-state index in [4.69, 9.17) is 0 Å². The molecule has 4 nitrogen and oxygen atoms in total. The highest BCUT2D eigenvalue weighted by atomic mass is 16.2. The van der Waals surface area contributed by atoms with Gasteiger partial charge < -0.3 is 9.80 Å². The second-order valence-electron chi connectivity index (χ2n) is 6.63. The van der Waals surface area contributed by atoms with Gasteiger partial charge in [0.05, 0.1) is 5.41 Å². The van der Waals surface area contributed by atoms with E-state index in [2.05, 4.69) is 0 Å². The van der Waals surface area contributed by atoms with Crippen molar-refractivity contribution in [2.24, 2.45) is 5.92 Å². The maximum atomic E-state index is 12.8. The molecule has 0 aliphatic carbocycles. The average molecular weight is 286 g/mol. The molecule has 0 aromatic heterocycles. The number of amides is 2. The first kappa shape index (κ1) is 14.1. The van der Waals surface area contributed by atoms with Crippen LogP contribution in [0.25, 0.3) is 0 Å². The summed E-state index contributed by atoms with van der Waals surface area (Å²) in [5, 5.41) is 0. The Kier molecular flexibility index (Phi) is 3.27. The van der Waals surface area contributed by atoms with E-state index in [0.29, 0.717) is 25.4 Å². The molecule has 2 amide bonds. The van der Waals surface area contributed by atoms with E-state index in [9.17, 15) is 9.59 Å². The maximum Gasteiger partial charge on any atom is 0.239 e. The van der Waals surface area contributed by atoms with Crippen LogP contribution in [-0.2, 0) is 15.0 Å². The van der Waals surface area contributed by atoms with Crippen LogP contribution in [0.2, 0.25) is 0 Å². The van der Waals surface area contributed by atoms with Gasteiger partial charge in [0, 0.05) is 32.2 Å². The molecule has 2 aliphatic rings. The lowest BCUT2D eigenvalue weighted by Gasteiger charge is -2.24. The third-order valence-corrected chi connectivity index (χ3v) is 4.70. The van der Waals surface area contributed by atoms with Crippen molar-refractivity contribution in [3.63, 3.8) is 0 Å². The summed E-state index contributed by atoms with van der Waals surface area (Å²) >= 11 is 0. The van der Waals surface area contributed by atoms with Gasteiger partial charge in [-0.15, -0.1) is 0 Å². The zero-order valence-electron chi connectivity index (χ0n) is 12.9. The Bertz CT molecular complexity index is 596. The SMILES string of the molecule is CC(C)CC(=O)N1CCC2(C1)C(=O)N(C)c1ccccc12. The normalized spacial score (nSPS) is 24.3. The summed E-state index contributed by atoms with van der Waals surface area (Å²) in [6.07, 6.45) is 1.29. The van der Waals surface area contributed by atoms with Crippen LogP contribution in [0.3, 0.4) is 0 Å². The van der Waals surface area contributed by atoms with Crippen molar-refractivity contribution in [2.75, 3.05) is 25.0 Å². The molecule has 1 aromatic rings. The number of rotatable bonds is 2. The van der Waals surface area contributed by atoms with Crippen LogP contribution in [0.15, 0.2) is 24.3 Å². The summed E-state index contributed by atoms with van der Waals surface area (Å²) in [6.45, 7) is 5.30. The Hall–Kier alpha value is -1.84. The maximum absolute atomic E-state index is 12.8. The van der Waals surface area contributed by atoms with Crippen molar-refractivity contribution >= 4 is 17.5 Å². The number of nitrogens with zero attached hydrogens (tertiary/aromatic N) is 2. The Balaban J connectivity index is 1.90. The molecule has 1 spiro atoms. The number of para-hydroxylation sites is 1. The van der Waals surface area contributed by atoms with E-state index < -0.39 is 5.41 Å². The molecule has 2 heterocycles. The minimum atomic E-state index is -0.516. The lowest BCUT2D eigenvalue weighted by Crippen LogP contribution is -2.42. The van der Waals surface area contributed by atoms with E-state index in [1.54, 1.807) is 4.90 Å². The fourth-order valence-corrected chi connectivity index (χ4v) is 3.61. The topological polar surface area (TPSA) is 40.6 Å². The summed E-state index contributed by atoms with van der Waals surface area (Å²) in [5.41, 5.74) is 1.55. The summed E-state index contributed by atoms with van der Waals surface area (Å²) in [7, 11) is 1.83. The number of hydrogen-bond acceptors (Lipinski definition) is 2. The Morgan fingerprint density at radius 3 is 2.76 bits per heavy atom. The molecule has 1 unspecified atom stereocenters. The van der Waals surface area contributed by atoms with Crippen molar-refractivity contribution in [2.45, 2.75) is 32.1 Å². The smallest absolute Gasteiger partial charge is 0.239 e. The van der Waals surface area contributed by atoms with Crippen LogP contribution in [0.4, 0.5) is 5.69 Å². The molecule has 4 heteroatoms. The molecule has 0 radical (unpaired) electrons. The molecule has 1 atom stereocenters. The lowest BCUT2D eigenvalue weighted by molar-refractivity contribution is -0.131. The van der Waals surface area contributed by atoms with Gasteiger partial charge in [0.15, 0.2) is 0 Å². The highest BCUT2D eigenvalue weighted by Gasteiger charge is 2.53. The van der Waals surface area contributed by atoms with E-state index in [-0.39, 0.29) is 11.8 Å². The van der Waals surface area contributed by atoms with Crippen molar-refractivity contribution in [1.82, 2.24) is 4.90 Å². The van der Waals surface area contributed by atoms with Gasteiger partial charge in [-0.25, -0.2) is 0 Å². The Morgan fingerprint density at radius 1 is 1.33 bits per heavy atom. The second kappa shape index (κ2) is 4.86. The van der Waals surface area contributed by atoms with Crippen molar-refractivity contribution in [1.29, 1.82) is 0 Å². The third-order valence-electron chi connectivity index (χ3n) is 4.70. The van der Waals surface area contributed by atoms with Gasteiger partial charge >= 0.3 is 0 Å². The fraction of sp³-hybridized carbons (Fsp3) is 0.529. The lowest BCUT2D eigenvalue weighted by atomic mass is 9.81. The number of anilines is 1. The molecule has 1 aromatic carbocycles. The first-order valence-corrected chi connectivity index (χ1v) is 7.61. The minimum Gasteiger partial charge on any atom is -0.341 e. The molecule has 2 aliphatic heterocycles. The van der Waals surface area contributed by atoms with E-state index in [0.717, 1.165) is 17.7 Å². The Labute approximate surface area is 125 Å². The third kappa shape index (κ3) is 2.04. The molecule has 21 heavy (non-hydrogen) atoms. The molecule has 1 saturated heterocycles. The van der Waals surface area contributed by atoms with Crippen LogP contribution in [0.5, 0.6) is 0 Å². The molecular weight excluding hydrogens is 264 g/mol. The molecule has 0 N–H and O–H groups in total. The number of likely N-dealkylation sites (tertiary alicyclic amines) is 1. The fourth-order valence-electron chi connectivity index (χ4n) is 3.61. The van der Waals surface area contributed by atoms with Gasteiger partial charge in [-0.2, -0.15) is 0 Å². The molecule has 1 fully saturated rings. The van der Waals surface area contributed by atoms with Gasteiger partial charge in [-0.3, -0.25) is 9.59 Å². The number of benzene rings is 1. The van der Waals surface area contributed by atoms with E-state index in [1.165, 1.54) is 0 Å². The Morgan fingerprint density at radius 2 is 2.05 bits per heavy atom.